The lowest BCUT2D eigenvalue weighted by Crippen LogP contribution is -2.23. The van der Waals surface area contributed by atoms with Crippen LogP contribution in [0.25, 0.3) is 0 Å². The molecule has 1 rings (SSSR count). The first kappa shape index (κ1) is 12.6. The molecule has 0 spiro atoms. The number of nitrogen functional groups attached to an aromatic ring is 1. The monoisotopic (exact) mass is 225 g/mol. The second-order valence-corrected chi connectivity index (χ2v) is 3.65. The van der Waals surface area contributed by atoms with Gasteiger partial charge in [0.15, 0.2) is 0 Å². The number of likely N-dealkylation sites (N-methyl/N-ethyl adjacent to an activating group) is 1. The van der Waals surface area contributed by atoms with Crippen LogP contribution in [0.4, 0.5) is 4.39 Å². The van der Waals surface area contributed by atoms with E-state index in [1.54, 1.807) is 24.1 Å². The van der Waals surface area contributed by atoms with Crippen molar-refractivity contribution >= 4 is 5.84 Å². The molecule has 5 heteroatoms. The highest BCUT2D eigenvalue weighted by Gasteiger charge is 2.11. The number of nitrogens with one attached hydrogen (secondary N) is 1. The van der Waals surface area contributed by atoms with Gasteiger partial charge in [0.1, 0.15) is 11.7 Å². The Bertz CT molecular complexity index is 381. The van der Waals surface area contributed by atoms with Crippen molar-refractivity contribution in [3.63, 3.8) is 0 Å². The summed E-state index contributed by atoms with van der Waals surface area (Å²) in [5.74, 6) is -0.732. The molecular weight excluding hydrogens is 209 g/mol. The van der Waals surface area contributed by atoms with Gasteiger partial charge in [0.25, 0.3) is 0 Å². The molecule has 4 nitrogen and oxygen atoms in total. The zero-order valence-electron chi connectivity index (χ0n) is 9.20. The predicted octanol–water partition coefficient (Wildman–Crippen LogP) is 0.534. The van der Waals surface area contributed by atoms with Crippen molar-refractivity contribution < 1.29 is 9.50 Å². The van der Waals surface area contributed by atoms with Gasteiger partial charge in [-0.2, -0.15) is 0 Å². The number of hydrogen-bond acceptors (Lipinski definition) is 3. The summed E-state index contributed by atoms with van der Waals surface area (Å²) < 4.78 is 13.8. The highest BCUT2D eigenvalue weighted by atomic mass is 19.1. The molecule has 0 heterocycles. The molecule has 0 aliphatic rings. The van der Waals surface area contributed by atoms with Crippen molar-refractivity contribution in [2.24, 2.45) is 5.73 Å². The molecule has 0 fully saturated rings. The molecule has 0 unspecified atom stereocenters. The Labute approximate surface area is 94.0 Å². The Morgan fingerprint density at radius 1 is 1.56 bits per heavy atom. The van der Waals surface area contributed by atoms with Crippen molar-refractivity contribution in [1.29, 1.82) is 5.41 Å². The van der Waals surface area contributed by atoms with Crippen molar-refractivity contribution in [1.82, 2.24) is 4.90 Å². The van der Waals surface area contributed by atoms with E-state index in [0.29, 0.717) is 18.7 Å². The van der Waals surface area contributed by atoms with Gasteiger partial charge in [0.2, 0.25) is 0 Å². The van der Waals surface area contributed by atoms with Crippen LogP contribution in [0, 0.1) is 11.2 Å². The van der Waals surface area contributed by atoms with Gasteiger partial charge in [-0.1, -0.05) is 12.1 Å². The summed E-state index contributed by atoms with van der Waals surface area (Å²) in [7, 11) is 1.79. The van der Waals surface area contributed by atoms with Crippen LogP contribution in [0.1, 0.15) is 11.1 Å². The second kappa shape index (κ2) is 5.58. The second-order valence-electron chi connectivity index (χ2n) is 3.65. The van der Waals surface area contributed by atoms with E-state index in [9.17, 15) is 4.39 Å². The highest BCUT2D eigenvalue weighted by molar-refractivity contribution is 5.95. The molecule has 0 bridgehead atoms. The van der Waals surface area contributed by atoms with Crippen LogP contribution in [0.5, 0.6) is 0 Å². The number of hydrogen-bond donors (Lipinski definition) is 3. The Kier molecular flexibility index (Phi) is 4.39. The van der Waals surface area contributed by atoms with Gasteiger partial charge in [-0.15, -0.1) is 0 Å². The number of aliphatic hydroxyl groups excluding tert-OH is 1. The van der Waals surface area contributed by atoms with Crippen molar-refractivity contribution in [3.8, 4) is 0 Å². The summed E-state index contributed by atoms with van der Waals surface area (Å²) in [6, 6.07) is 4.80. The van der Waals surface area contributed by atoms with Crippen LogP contribution in [0.2, 0.25) is 0 Å². The smallest absolute Gasteiger partial charge is 0.138 e. The maximum Gasteiger partial charge on any atom is 0.138 e. The molecule has 0 saturated heterocycles. The molecule has 0 aliphatic carbocycles. The third-order valence-electron chi connectivity index (χ3n) is 2.29. The predicted molar refractivity (Wildman–Crippen MR) is 60.8 cm³/mol. The van der Waals surface area contributed by atoms with Crippen LogP contribution in [0.3, 0.4) is 0 Å². The number of amidine groups is 1. The molecule has 1 aromatic carbocycles. The largest absolute Gasteiger partial charge is 0.395 e. The van der Waals surface area contributed by atoms with Gasteiger partial charge in [0.05, 0.1) is 12.2 Å². The van der Waals surface area contributed by atoms with Crippen molar-refractivity contribution in [2.45, 2.75) is 6.54 Å². The van der Waals surface area contributed by atoms with Crippen LogP contribution in [0.15, 0.2) is 18.2 Å². The van der Waals surface area contributed by atoms with E-state index in [1.807, 2.05) is 0 Å². The van der Waals surface area contributed by atoms with E-state index >= 15 is 0 Å². The number of rotatable bonds is 5. The number of nitrogens with two attached hydrogens (primary N) is 1. The maximum atomic E-state index is 13.8. The summed E-state index contributed by atoms with van der Waals surface area (Å²) in [4.78, 5) is 1.79. The first-order chi connectivity index (χ1) is 7.56. The summed E-state index contributed by atoms with van der Waals surface area (Å²) in [5, 5.41) is 16.0. The first-order valence-electron chi connectivity index (χ1n) is 4.97. The maximum absolute atomic E-state index is 13.8. The lowest BCUT2D eigenvalue weighted by atomic mass is 10.1. The summed E-state index contributed by atoms with van der Waals surface area (Å²) in [5.41, 5.74) is 5.86. The fourth-order valence-corrected chi connectivity index (χ4v) is 1.45. The van der Waals surface area contributed by atoms with E-state index < -0.39 is 5.82 Å². The molecular formula is C11H16FN3O. The normalized spacial score (nSPS) is 10.8. The number of aliphatic hydroxyl groups is 1. The van der Waals surface area contributed by atoms with E-state index in [4.69, 9.17) is 16.2 Å². The fourth-order valence-electron chi connectivity index (χ4n) is 1.45. The average molecular weight is 225 g/mol. The van der Waals surface area contributed by atoms with E-state index in [2.05, 4.69) is 0 Å². The number of benzene rings is 1. The van der Waals surface area contributed by atoms with Gasteiger partial charge in [-0.25, -0.2) is 4.39 Å². The summed E-state index contributed by atoms with van der Waals surface area (Å²) in [6.07, 6.45) is 0. The minimum Gasteiger partial charge on any atom is -0.395 e. The third kappa shape index (κ3) is 3.01. The SMILES string of the molecule is CN(CCO)Cc1cccc(C(=N)N)c1F. The molecule has 88 valence electrons. The van der Waals surface area contributed by atoms with E-state index in [-0.39, 0.29) is 18.0 Å². The highest BCUT2D eigenvalue weighted by Crippen LogP contribution is 2.14. The molecule has 1 aromatic rings. The average Bonchev–Trinajstić information content (AvgIpc) is 2.21. The van der Waals surface area contributed by atoms with Gasteiger partial charge in [-0.05, 0) is 13.1 Å². The van der Waals surface area contributed by atoms with Gasteiger partial charge in [-0.3, -0.25) is 10.3 Å². The zero-order chi connectivity index (χ0) is 12.1. The lowest BCUT2D eigenvalue weighted by Gasteiger charge is -2.16. The molecule has 0 radical (unpaired) electrons. The molecule has 0 atom stereocenters. The molecule has 0 saturated carbocycles. The standard InChI is InChI=1S/C11H16FN3O/c1-15(5-6-16)7-8-3-2-4-9(10(8)12)11(13)14/h2-4,16H,5-7H2,1H3,(H3,13,14). The third-order valence-corrected chi connectivity index (χ3v) is 2.29. The van der Waals surface area contributed by atoms with Crippen molar-refractivity contribution in [3.05, 3.63) is 35.1 Å². The quantitative estimate of drug-likeness (QED) is 0.505. The lowest BCUT2D eigenvalue weighted by molar-refractivity contribution is 0.216. The zero-order valence-corrected chi connectivity index (χ0v) is 9.20. The van der Waals surface area contributed by atoms with Crippen LogP contribution in [-0.4, -0.2) is 36.0 Å². The summed E-state index contributed by atoms with van der Waals surface area (Å²) >= 11 is 0. The Morgan fingerprint density at radius 3 is 2.81 bits per heavy atom. The molecule has 0 amide bonds. The first-order valence-corrected chi connectivity index (χ1v) is 4.97. The minimum absolute atomic E-state index is 0.0323. The van der Waals surface area contributed by atoms with Gasteiger partial charge < -0.3 is 10.8 Å². The number of nitrogens with zero attached hydrogens (tertiary/aromatic N) is 1. The number of halogens is 1. The minimum atomic E-state index is -0.459. The molecule has 16 heavy (non-hydrogen) atoms. The molecule has 4 N–H and O–H groups in total. The van der Waals surface area contributed by atoms with Crippen LogP contribution >= 0.6 is 0 Å². The van der Waals surface area contributed by atoms with Crippen LogP contribution in [-0.2, 0) is 6.54 Å². The van der Waals surface area contributed by atoms with Crippen LogP contribution < -0.4 is 5.73 Å². The molecule has 0 aromatic heterocycles. The molecule has 0 aliphatic heterocycles. The van der Waals surface area contributed by atoms with Gasteiger partial charge in [0, 0.05) is 18.7 Å². The van der Waals surface area contributed by atoms with E-state index in [0.717, 1.165) is 0 Å². The Balaban J connectivity index is 2.89. The topological polar surface area (TPSA) is 73.3 Å². The van der Waals surface area contributed by atoms with Gasteiger partial charge >= 0.3 is 0 Å². The Morgan fingerprint density at radius 2 is 2.25 bits per heavy atom. The fraction of sp³-hybridized carbons (Fsp3) is 0.364. The Hall–Kier alpha value is -1.46. The van der Waals surface area contributed by atoms with E-state index in [1.165, 1.54) is 6.07 Å². The summed E-state index contributed by atoms with van der Waals surface area (Å²) in [6.45, 7) is 0.891. The van der Waals surface area contributed by atoms with Crippen molar-refractivity contribution in [2.75, 3.05) is 20.2 Å².